The predicted octanol–water partition coefficient (Wildman–Crippen LogP) is 4.27. The SMILES string of the molecule is Cn1ccn(-c2ccc(-c3cc(=O)n(-c4cccc(N5CCN(C(C)(C)C)CC5)c4)cc3O)cc2Cl)c1=O. The van der Waals surface area contributed by atoms with Gasteiger partial charge in [0.2, 0.25) is 0 Å². The molecule has 1 aliphatic rings. The van der Waals surface area contributed by atoms with Crippen LogP contribution in [0.1, 0.15) is 20.8 Å². The second-order valence-corrected chi connectivity index (χ2v) is 11.1. The molecule has 4 aromatic rings. The smallest absolute Gasteiger partial charge is 0.332 e. The highest BCUT2D eigenvalue weighted by molar-refractivity contribution is 6.32. The van der Waals surface area contributed by atoms with Gasteiger partial charge < -0.3 is 14.6 Å². The van der Waals surface area contributed by atoms with E-state index in [0.717, 1.165) is 31.9 Å². The third-order valence-electron chi connectivity index (χ3n) is 7.20. The second kappa shape index (κ2) is 9.85. The fraction of sp³-hybridized carbons (Fsp3) is 0.310. The number of anilines is 1. The first-order chi connectivity index (χ1) is 18.0. The summed E-state index contributed by atoms with van der Waals surface area (Å²) in [5.41, 5.74) is 2.85. The van der Waals surface area contributed by atoms with Crippen LogP contribution in [0.25, 0.3) is 22.5 Å². The Morgan fingerprint density at radius 3 is 2.21 bits per heavy atom. The number of rotatable bonds is 4. The summed E-state index contributed by atoms with van der Waals surface area (Å²) in [6, 6.07) is 14.3. The molecule has 0 atom stereocenters. The van der Waals surface area contributed by atoms with Crippen molar-refractivity contribution < 1.29 is 5.11 Å². The van der Waals surface area contributed by atoms with Gasteiger partial charge in [-0.05, 0) is 56.7 Å². The van der Waals surface area contributed by atoms with Crippen molar-refractivity contribution in [2.75, 3.05) is 31.1 Å². The Labute approximate surface area is 226 Å². The second-order valence-electron chi connectivity index (χ2n) is 10.7. The third-order valence-corrected chi connectivity index (χ3v) is 7.50. The molecule has 1 N–H and O–H groups in total. The minimum Gasteiger partial charge on any atom is -0.506 e. The Hall–Kier alpha value is -3.75. The van der Waals surface area contributed by atoms with Crippen LogP contribution in [-0.2, 0) is 7.05 Å². The minimum absolute atomic E-state index is 0.0468. The average Bonchev–Trinajstić information content (AvgIpc) is 3.22. The van der Waals surface area contributed by atoms with Gasteiger partial charge in [-0.15, -0.1) is 0 Å². The number of piperazine rings is 1. The van der Waals surface area contributed by atoms with Crippen molar-refractivity contribution in [1.82, 2.24) is 18.6 Å². The van der Waals surface area contributed by atoms with Crippen LogP contribution in [0, 0.1) is 0 Å². The summed E-state index contributed by atoms with van der Waals surface area (Å²) < 4.78 is 4.35. The Kier molecular flexibility index (Phi) is 6.71. The normalized spacial score (nSPS) is 14.7. The molecule has 0 radical (unpaired) electrons. The number of hydrogen-bond donors (Lipinski definition) is 1. The first kappa shape index (κ1) is 25.9. The summed E-state index contributed by atoms with van der Waals surface area (Å²) >= 11 is 6.50. The van der Waals surface area contributed by atoms with Gasteiger partial charge in [-0.1, -0.05) is 23.7 Å². The van der Waals surface area contributed by atoms with E-state index in [2.05, 4.69) is 36.6 Å². The lowest BCUT2D eigenvalue weighted by atomic mass is 10.0. The van der Waals surface area contributed by atoms with Gasteiger partial charge in [0.05, 0.1) is 22.6 Å². The summed E-state index contributed by atoms with van der Waals surface area (Å²) in [6.07, 6.45) is 4.73. The van der Waals surface area contributed by atoms with E-state index in [4.69, 9.17) is 11.6 Å². The maximum absolute atomic E-state index is 13.2. The molecular formula is C29H32ClN5O3. The molecule has 0 saturated carbocycles. The van der Waals surface area contributed by atoms with Crippen LogP contribution >= 0.6 is 11.6 Å². The van der Waals surface area contributed by atoms with Crippen molar-refractivity contribution in [3.05, 3.63) is 93.0 Å². The molecule has 0 bridgehead atoms. The van der Waals surface area contributed by atoms with Crippen LogP contribution in [0.2, 0.25) is 5.02 Å². The van der Waals surface area contributed by atoms with Crippen LogP contribution in [0.4, 0.5) is 5.69 Å². The van der Waals surface area contributed by atoms with Crippen LogP contribution in [-0.4, -0.2) is 55.4 Å². The van der Waals surface area contributed by atoms with Crippen LogP contribution < -0.4 is 16.1 Å². The number of pyridine rings is 1. The van der Waals surface area contributed by atoms with Crippen molar-refractivity contribution >= 4 is 17.3 Å². The van der Waals surface area contributed by atoms with E-state index < -0.39 is 0 Å². The Bertz CT molecular complexity index is 1600. The predicted molar refractivity (Wildman–Crippen MR) is 152 cm³/mol. The first-order valence-corrected chi connectivity index (χ1v) is 13.0. The lowest BCUT2D eigenvalue weighted by molar-refractivity contribution is 0.128. The molecule has 1 saturated heterocycles. The number of benzene rings is 2. The molecule has 9 heteroatoms. The molecule has 0 unspecified atom stereocenters. The van der Waals surface area contributed by atoms with Crippen LogP contribution in [0.3, 0.4) is 0 Å². The fourth-order valence-corrected chi connectivity index (χ4v) is 5.22. The number of aromatic hydroxyl groups is 1. The van der Waals surface area contributed by atoms with Gasteiger partial charge in [-0.3, -0.25) is 18.8 Å². The van der Waals surface area contributed by atoms with E-state index in [-0.39, 0.29) is 22.5 Å². The highest BCUT2D eigenvalue weighted by Gasteiger charge is 2.26. The number of hydrogen-bond acceptors (Lipinski definition) is 5. The standard InChI is InChI=1S/C29H32ClN5O3/c1-29(2,3)33-13-11-32(12-14-33)21-6-5-7-22(17-21)35-19-26(36)23(18-27(35)37)20-8-9-25(24(30)16-20)34-15-10-31(4)28(34)38/h5-10,15-19,36H,11-14H2,1-4H3. The maximum atomic E-state index is 13.2. The van der Waals surface area contributed by atoms with Gasteiger partial charge in [-0.25, -0.2) is 4.79 Å². The maximum Gasteiger partial charge on any atom is 0.332 e. The lowest BCUT2D eigenvalue weighted by Crippen LogP contribution is -2.53. The van der Waals surface area contributed by atoms with Gasteiger partial charge in [0.25, 0.3) is 5.56 Å². The van der Waals surface area contributed by atoms with Crippen LogP contribution in [0.5, 0.6) is 5.75 Å². The number of aryl methyl sites for hydroxylation is 1. The molecule has 0 spiro atoms. The highest BCUT2D eigenvalue weighted by Crippen LogP contribution is 2.32. The number of aromatic nitrogens is 3. The summed E-state index contributed by atoms with van der Waals surface area (Å²) in [7, 11) is 1.66. The third kappa shape index (κ3) is 4.89. The zero-order valence-corrected chi connectivity index (χ0v) is 22.8. The van der Waals surface area contributed by atoms with E-state index in [1.54, 1.807) is 37.6 Å². The number of nitrogens with zero attached hydrogens (tertiary/aromatic N) is 5. The van der Waals surface area contributed by atoms with Gasteiger partial charge in [0.15, 0.2) is 0 Å². The minimum atomic E-state index is -0.271. The molecule has 198 valence electrons. The van der Waals surface area contributed by atoms with Gasteiger partial charge >= 0.3 is 5.69 Å². The quantitative estimate of drug-likeness (QED) is 0.424. The molecule has 3 heterocycles. The van der Waals surface area contributed by atoms with E-state index in [1.807, 2.05) is 18.2 Å². The molecule has 2 aromatic carbocycles. The molecule has 1 fully saturated rings. The lowest BCUT2D eigenvalue weighted by Gasteiger charge is -2.43. The molecule has 0 amide bonds. The van der Waals surface area contributed by atoms with Crippen LogP contribution in [0.15, 0.2) is 76.7 Å². The largest absolute Gasteiger partial charge is 0.506 e. The molecule has 2 aromatic heterocycles. The number of halogens is 1. The van der Waals surface area contributed by atoms with E-state index in [9.17, 15) is 14.7 Å². The van der Waals surface area contributed by atoms with Gasteiger partial charge in [0, 0.05) is 68.5 Å². The van der Waals surface area contributed by atoms with Crippen molar-refractivity contribution in [3.8, 4) is 28.3 Å². The molecular weight excluding hydrogens is 502 g/mol. The summed E-state index contributed by atoms with van der Waals surface area (Å²) in [6.45, 7) is 10.5. The van der Waals surface area contributed by atoms with E-state index in [0.29, 0.717) is 27.5 Å². The monoisotopic (exact) mass is 533 g/mol. The summed E-state index contributed by atoms with van der Waals surface area (Å²) in [4.78, 5) is 30.3. The van der Waals surface area contributed by atoms with Gasteiger partial charge in [-0.2, -0.15) is 0 Å². The Morgan fingerprint density at radius 2 is 1.58 bits per heavy atom. The van der Waals surface area contributed by atoms with Crippen molar-refractivity contribution in [1.29, 1.82) is 0 Å². The summed E-state index contributed by atoms with van der Waals surface area (Å²) in [5, 5.41) is 11.2. The highest BCUT2D eigenvalue weighted by atomic mass is 35.5. The van der Waals surface area contributed by atoms with Crippen molar-refractivity contribution in [2.24, 2.45) is 7.05 Å². The molecule has 8 nitrogen and oxygen atoms in total. The molecule has 1 aliphatic heterocycles. The van der Waals surface area contributed by atoms with Gasteiger partial charge in [0.1, 0.15) is 5.75 Å². The topological polar surface area (TPSA) is 75.6 Å². The van der Waals surface area contributed by atoms with E-state index in [1.165, 1.54) is 26.0 Å². The zero-order valence-electron chi connectivity index (χ0n) is 22.1. The first-order valence-electron chi connectivity index (χ1n) is 12.6. The molecule has 38 heavy (non-hydrogen) atoms. The average molecular weight is 534 g/mol. The Balaban J connectivity index is 1.42. The molecule has 5 rings (SSSR count). The fourth-order valence-electron chi connectivity index (χ4n) is 4.95. The van der Waals surface area contributed by atoms with Crippen molar-refractivity contribution in [2.45, 2.75) is 26.3 Å². The molecule has 0 aliphatic carbocycles. The summed E-state index contributed by atoms with van der Waals surface area (Å²) in [5.74, 6) is -0.0468. The zero-order chi connectivity index (χ0) is 27.2. The Morgan fingerprint density at radius 1 is 0.868 bits per heavy atom. The van der Waals surface area contributed by atoms with E-state index >= 15 is 0 Å². The van der Waals surface area contributed by atoms with Crippen molar-refractivity contribution in [3.63, 3.8) is 0 Å². The number of imidazole rings is 1.